The molecule has 1 aromatic heterocycles. The molecule has 0 aliphatic heterocycles. The number of nitrogens with zero attached hydrogens (tertiary/aromatic N) is 2. The number of halogens is 3. The van der Waals surface area contributed by atoms with E-state index in [2.05, 4.69) is 9.72 Å². The first kappa shape index (κ1) is 12.9. The summed E-state index contributed by atoms with van der Waals surface area (Å²) in [5.74, 6) is -0.417. The molecule has 1 aromatic carbocycles. The summed E-state index contributed by atoms with van der Waals surface area (Å²) in [6.45, 7) is 0. The monoisotopic (exact) mass is 264 g/mol. The topological polar surface area (TPSA) is 45.9 Å². The van der Waals surface area contributed by atoms with Crippen LogP contribution in [0.4, 0.5) is 13.2 Å². The van der Waals surface area contributed by atoms with Gasteiger partial charge in [0.2, 0.25) is 0 Å². The van der Waals surface area contributed by atoms with Gasteiger partial charge in [-0.15, -0.1) is 13.2 Å². The van der Waals surface area contributed by atoms with Gasteiger partial charge in [-0.2, -0.15) is 5.26 Å². The zero-order valence-corrected chi connectivity index (χ0v) is 9.48. The molecule has 0 saturated carbocycles. The molecule has 19 heavy (non-hydrogen) atoms. The fraction of sp³-hybridized carbons (Fsp3) is 0.0769. The summed E-state index contributed by atoms with van der Waals surface area (Å²) in [5.41, 5.74) is 0.794. The van der Waals surface area contributed by atoms with E-state index in [0.717, 1.165) is 6.07 Å². The molecule has 0 unspecified atom stereocenters. The van der Waals surface area contributed by atoms with Crippen molar-refractivity contribution in [1.82, 2.24) is 4.98 Å². The summed E-state index contributed by atoms with van der Waals surface area (Å²) >= 11 is 0. The van der Waals surface area contributed by atoms with Crippen molar-refractivity contribution in [3.05, 3.63) is 48.3 Å². The van der Waals surface area contributed by atoms with Gasteiger partial charge in [0.25, 0.3) is 0 Å². The third-order valence-corrected chi connectivity index (χ3v) is 2.31. The molecule has 96 valence electrons. The highest BCUT2D eigenvalue weighted by Crippen LogP contribution is 2.34. The lowest BCUT2D eigenvalue weighted by molar-refractivity contribution is -0.274. The van der Waals surface area contributed by atoms with Crippen molar-refractivity contribution >= 4 is 0 Å². The van der Waals surface area contributed by atoms with E-state index in [1.54, 1.807) is 18.2 Å². The van der Waals surface area contributed by atoms with Gasteiger partial charge < -0.3 is 4.74 Å². The van der Waals surface area contributed by atoms with E-state index < -0.39 is 12.1 Å². The van der Waals surface area contributed by atoms with E-state index in [1.807, 2.05) is 0 Å². The Morgan fingerprint density at radius 2 is 2.00 bits per heavy atom. The Balaban J connectivity index is 2.52. The molecule has 0 saturated heterocycles. The Bertz CT molecular complexity index is 618. The Morgan fingerprint density at radius 3 is 2.58 bits per heavy atom. The molecule has 0 spiro atoms. The Hall–Kier alpha value is -2.55. The predicted octanol–water partition coefficient (Wildman–Crippen LogP) is 3.52. The smallest absolute Gasteiger partial charge is 0.405 e. The minimum Gasteiger partial charge on any atom is -0.405 e. The molecule has 1 heterocycles. The average molecular weight is 264 g/mol. The highest BCUT2D eigenvalue weighted by Gasteiger charge is 2.32. The van der Waals surface area contributed by atoms with Gasteiger partial charge in [0.15, 0.2) is 0 Å². The van der Waals surface area contributed by atoms with E-state index >= 15 is 0 Å². The summed E-state index contributed by atoms with van der Waals surface area (Å²) < 4.78 is 41.0. The first-order valence-corrected chi connectivity index (χ1v) is 5.20. The number of alkyl halides is 3. The fourth-order valence-electron chi connectivity index (χ4n) is 1.56. The molecule has 3 nitrogen and oxygen atoms in total. The van der Waals surface area contributed by atoms with Crippen LogP contribution in [-0.4, -0.2) is 11.3 Å². The SMILES string of the molecule is N#Cc1ccc(-c2cccnc2)c(OC(F)(F)F)c1. The van der Waals surface area contributed by atoms with Gasteiger partial charge in [-0.25, -0.2) is 0 Å². The minimum atomic E-state index is -4.81. The van der Waals surface area contributed by atoms with Crippen LogP contribution in [0, 0.1) is 11.3 Å². The summed E-state index contributed by atoms with van der Waals surface area (Å²) in [6, 6.07) is 8.85. The van der Waals surface area contributed by atoms with Gasteiger partial charge >= 0.3 is 6.36 Å². The first-order chi connectivity index (χ1) is 8.99. The highest BCUT2D eigenvalue weighted by atomic mass is 19.4. The van der Waals surface area contributed by atoms with Crippen molar-refractivity contribution in [2.24, 2.45) is 0 Å². The Morgan fingerprint density at radius 1 is 1.21 bits per heavy atom. The molecule has 0 radical (unpaired) electrons. The maximum atomic E-state index is 12.4. The third kappa shape index (κ3) is 3.22. The normalized spacial score (nSPS) is 10.8. The van der Waals surface area contributed by atoms with Crippen LogP contribution in [0.5, 0.6) is 5.75 Å². The summed E-state index contributed by atoms with van der Waals surface area (Å²) in [5, 5.41) is 8.72. The van der Waals surface area contributed by atoms with Gasteiger partial charge in [0.1, 0.15) is 5.75 Å². The zero-order valence-electron chi connectivity index (χ0n) is 9.48. The second kappa shape index (κ2) is 4.98. The molecule has 2 aromatic rings. The van der Waals surface area contributed by atoms with Crippen molar-refractivity contribution in [3.8, 4) is 22.9 Å². The van der Waals surface area contributed by atoms with Gasteiger partial charge in [0.05, 0.1) is 11.6 Å². The number of aromatic nitrogens is 1. The zero-order chi connectivity index (χ0) is 13.9. The molecule has 6 heteroatoms. The molecular weight excluding hydrogens is 257 g/mol. The van der Waals surface area contributed by atoms with Crippen LogP contribution >= 0.6 is 0 Å². The van der Waals surface area contributed by atoms with Gasteiger partial charge in [-0.05, 0) is 24.3 Å². The van der Waals surface area contributed by atoms with Gasteiger partial charge in [-0.3, -0.25) is 4.98 Å². The number of ether oxygens (including phenoxy) is 1. The molecule has 0 aliphatic rings. The number of nitriles is 1. The fourth-order valence-corrected chi connectivity index (χ4v) is 1.56. The molecule has 0 bridgehead atoms. The van der Waals surface area contributed by atoms with Crippen molar-refractivity contribution < 1.29 is 17.9 Å². The quantitative estimate of drug-likeness (QED) is 0.833. The average Bonchev–Trinajstić information content (AvgIpc) is 2.38. The molecule has 0 atom stereocenters. The Kier molecular flexibility index (Phi) is 3.38. The number of rotatable bonds is 2. The lowest BCUT2D eigenvalue weighted by Gasteiger charge is -2.13. The van der Waals surface area contributed by atoms with E-state index in [1.165, 1.54) is 24.5 Å². The first-order valence-electron chi connectivity index (χ1n) is 5.20. The summed E-state index contributed by atoms with van der Waals surface area (Å²) in [6.07, 6.45) is -1.88. The lowest BCUT2D eigenvalue weighted by atomic mass is 10.0. The van der Waals surface area contributed by atoms with E-state index in [4.69, 9.17) is 5.26 Å². The Labute approximate surface area is 106 Å². The number of pyridine rings is 1. The number of benzene rings is 1. The van der Waals surface area contributed by atoms with Crippen LogP contribution in [0.1, 0.15) is 5.56 Å². The molecule has 0 aliphatic carbocycles. The van der Waals surface area contributed by atoms with E-state index in [9.17, 15) is 13.2 Å². The minimum absolute atomic E-state index is 0.0897. The van der Waals surface area contributed by atoms with Crippen molar-refractivity contribution in [3.63, 3.8) is 0 Å². The maximum absolute atomic E-state index is 12.4. The van der Waals surface area contributed by atoms with Crippen LogP contribution in [0.3, 0.4) is 0 Å². The van der Waals surface area contributed by atoms with Crippen molar-refractivity contribution in [1.29, 1.82) is 5.26 Å². The number of hydrogen-bond acceptors (Lipinski definition) is 3. The van der Waals surface area contributed by atoms with Gasteiger partial charge in [-0.1, -0.05) is 6.07 Å². The summed E-state index contributed by atoms with van der Waals surface area (Å²) in [7, 11) is 0. The van der Waals surface area contributed by atoms with Crippen LogP contribution in [0.25, 0.3) is 11.1 Å². The standard InChI is InChI=1S/C13H7F3N2O/c14-13(15,16)19-12-6-9(7-17)3-4-11(12)10-2-1-5-18-8-10/h1-6,8H. The lowest BCUT2D eigenvalue weighted by Crippen LogP contribution is -2.17. The number of hydrogen-bond donors (Lipinski definition) is 0. The predicted molar refractivity (Wildman–Crippen MR) is 61.1 cm³/mol. The van der Waals surface area contributed by atoms with Crippen LogP contribution in [-0.2, 0) is 0 Å². The molecule has 0 amide bonds. The van der Waals surface area contributed by atoms with E-state index in [-0.39, 0.29) is 11.1 Å². The van der Waals surface area contributed by atoms with Crippen LogP contribution in [0.15, 0.2) is 42.7 Å². The van der Waals surface area contributed by atoms with Crippen LogP contribution in [0.2, 0.25) is 0 Å². The maximum Gasteiger partial charge on any atom is 0.573 e. The molecule has 2 rings (SSSR count). The van der Waals surface area contributed by atoms with Crippen molar-refractivity contribution in [2.75, 3.05) is 0 Å². The van der Waals surface area contributed by atoms with E-state index in [0.29, 0.717) is 5.56 Å². The van der Waals surface area contributed by atoms with Crippen molar-refractivity contribution in [2.45, 2.75) is 6.36 Å². The third-order valence-electron chi connectivity index (χ3n) is 2.31. The second-order valence-electron chi connectivity index (χ2n) is 3.61. The second-order valence-corrected chi connectivity index (χ2v) is 3.61. The molecular formula is C13H7F3N2O. The van der Waals surface area contributed by atoms with Crippen LogP contribution < -0.4 is 4.74 Å². The molecule has 0 N–H and O–H groups in total. The largest absolute Gasteiger partial charge is 0.573 e. The summed E-state index contributed by atoms with van der Waals surface area (Å²) in [4.78, 5) is 3.84. The highest BCUT2D eigenvalue weighted by molar-refractivity contribution is 5.70. The molecule has 0 fully saturated rings. The van der Waals surface area contributed by atoms with Gasteiger partial charge in [0, 0.05) is 23.5 Å².